The van der Waals surface area contributed by atoms with Crippen molar-refractivity contribution in [1.82, 2.24) is 0 Å². The number of Topliss-reactive ketones (excluding diaryl/α,β-unsaturated/α-hetero) is 1. The number of carbonyl (C=O) groups is 1. The fraction of sp³-hybridized carbons (Fsp3) is 0.188. The third-order valence-corrected chi connectivity index (χ3v) is 3.51. The van der Waals surface area contributed by atoms with Crippen molar-refractivity contribution in [1.29, 1.82) is 0 Å². The van der Waals surface area contributed by atoms with E-state index in [1.165, 1.54) is 6.07 Å². The Hall–Kier alpha value is -2.16. The van der Waals surface area contributed by atoms with E-state index in [0.717, 1.165) is 23.1 Å². The van der Waals surface area contributed by atoms with Crippen LogP contribution in [0.5, 0.6) is 5.75 Å². The zero-order chi connectivity index (χ0) is 13.4. The molecule has 0 atom stereocenters. The molecule has 19 heavy (non-hydrogen) atoms. The van der Waals surface area contributed by atoms with Gasteiger partial charge in [0.05, 0.1) is 7.11 Å². The number of carbonyl (C=O) groups excluding carboxylic acids is 1. The smallest absolute Gasteiger partial charge is 0.163 e. The summed E-state index contributed by atoms with van der Waals surface area (Å²) in [5, 5.41) is 0. The lowest BCUT2D eigenvalue weighted by Crippen LogP contribution is -1.92. The number of ketones is 1. The van der Waals surface area contributed by atoms with Crippen molar-refractivity contribution >= 4 is 5.78 Å². The summed E-state index contributed by atoms with van der Waals surface area (Å²) in [5.41, 5.74) is 3.06. The maximum atomic E-state index is 13.9. The van der Waals surface area contributed by atoms with Gasteiger partial charge < -0.3 is 4.74 Å². The Bertz CT molecular complexity index is 662. The number of rotatable bonds is 2. The van der Waals surface area contributed by atoms with Gasteiger partial charge in [-0.2, -0.15) is 0 Å². The summed E-state index contributed by atoms with van der Waals surface area (Å²) in [4.78, 5) is 11.6. The van der Waals surface area contributed by atoms with E-state index in [9.17, 15) is 9.18 Å². The first kappa shape index (κ1) is 11.9. The molecule has 96 valence electrons. The molecule has 3 rings (SSSR count). The first-order valence-corrected chi connectivity index (χ1v) is 6.19. The van der Waals surface area contributed by atoms with E-state index >= 15 is 0 Å². The highest BCUT2D eigenvalue weighted by molar-refractivity contribution is 6.00. The van der Waals surface area contributed by atoms with Gasteiger partial charge >= 0.3 is 0 Å². The molecule has 0 saturated carbocycles. The minimum Gasteiger partial charge on any atom is -0.497 e. The maximum absolute atomic E-state index is 13.9. The van der Waals surface area contributed by atoms with Crippen molar-refractivity contribution in [2.45, 2.75) is 12.8 Å². The standard InChI is InChI=1S/C16H13FO2/c1-19-12-4-6-15(17)14(9-12)11-2-5-13-10(8-11)3-7-16(13)18/h2,4-6,8-9H,3,7H2,1H3. The van der Waals surface area contributed by atoms with Gasteiger partial charge in [0.2, 0.25) is 0 Å². The molecule has 0 bridgehead atoms. The lowest BCUT2D eigenvalue weighted by molar-refractivity contribution is 0.0994. The second-order valence-electron chi connectivity index (χ2n) is 4.64. The van der Waals surface area contributed by atoms with Crippen LogP contribution in [-0.2, 0) is 6.42 Å². The second-order valence-corrected chi connectivity index (χ2v) is 4.64. The Kier molecular flexibility index (Phi) is 2.82. The monoisotopic (exact) mass is 256 g/mol. The molecule has 2 aromatic carbocycles. The molecule has 0 spiro atoms. The summed E-state index contributed by atoms with van der Waals surface area (Å²) < 4.78 is 19.0. The number of fused-ring (bicyclic) bond motifs is 1. The summed E-state index contributed by atoms with van der Waals surface area (Å²) >= 11 is 0. The third kappa shape index (κ3) is 2.01. The van der Waals surface area contributed by atoms with Gasteiger partial charge in [0.25, 0.3) is 0 Å². The molecule has 3 heteroatoms. The topological polar surface area (TPSA) is 26.3 Å². The van der Waals surface area contributed by atoms with Crippen LogP contribution in [0.3, 0.4) is 0 Å². The molecule has 1 aliphatic carbocycles. The van der Waals surface area contributed by atoms with Crippen LogP contribution in [0.1, 0.15) is 22.3 Å². The zero-order valence-corrected chi connectivity index (χ0v) is 10.6. The highest BCUT2D eigenvalue weighted by Crippen LogP contribution is 2.31. The van der Waals surface area contributed by atoms with Crippen molar-refractivity contribution in [3.05, 3.63) is 53.3 Å². The van der Waals surface area contributed by atoms with Crippen molar-refractivity contribution in [3.8, 4) is 16.9 Å². The van der Waals surface area contributed by atoms with Crippen molar-refractivity contribution < 1.29 is 13.9 Å². The van der Waals surface area contributed by atoms with Crippen molar-refractivity contribution in [2.24, 2.45) is 0 Å². The summed E-state index contributed by atoms with van der Waals surface area (Å²) in [6.07, 6.45) is 1.30. The fourth-order valence-electron chi connectivity index (χ4n) is 2.48. The van der Waals surface area contributed by atoms with Crippen LogP contribution in [0.4, 0.5) is 4.39 Å². The third-order valence-electron chi connectivity index (χ3n) is 3.51. The van der Waals surface area contributed by atoms with E-state index in [4.69, 9.17) is 4.74 Å². The van der Waals surface area contributed by atoms with Gasteiger partial charge in [-0.15, -0.1) is 0 Å². The average Bonchev–Trinajstić information content (AvgIpc) is 2.80. The van der Waals surface area contributed by atoms with Crippen LogP contribution in [0.2, 0.25) is 0 Å². The number of aryl methyl sites for hydroxylation is 1. The Labute approximate surface area is 110 Å². The lowest BCUT2D eigenvalue weighted by Gasteiger charge is -2.08. The van der Waals surface area contributed by atoms with Gasteiger partial charge in [0.1, 0.15) is 11.6 Å². The zero-order valence-electron chi connectivity index (χ0n) is 10.6. The van der Waals surface area contributed by atoms with Crippen LogP contribution < -0.4 is 4.74 Å². The molecule has 2 aromatic rings. The molecular formula is C16H13FO2. The minimum absolute atomic E-state index is 0.174. The van der Waals surface area contributed by atoms with E-state index in [1.807, 2.05) is 6.07 Å². The van der Waals surface area contributed by atoms with Gasteiger partial charge in [0, 0.05) is 17.5 Å². The van der Waals surface area contributed by atoms with E-state index in [2.05, 4.69) is 0 Å². The highest BCUT2D eigenvalue weighted by Gasteiger charge is 2.20. The Morgan fingerprint density at radius 3 is 2.68 bits per heavy atom. The molecule has 0 amide bonds. The van der Waals surface area contributed by atoms with Gasteiger partial charge in [-0.05, 0) is 35.7 Å². The molecule has 0 aromatic heterocycles. The summed E-state index contributed by atoms with van der Waals surface area (Å²) in [6, 6.07) is 10.1. The van der Waals surface area contributed by atoms with Crippen LogP contribution in [-0.4, -0.2) is 12.9 Å². The fourth-order valence-corrected chi connectivity index (χ4v) is 2.48. The number of hydrogen-bond donors (Lipinski definition) is 0. The lowest BCUT2D eigenvalue weighted by atomic mass is 10.00. The molecule has 0 fully saturated rings. The molecule has 0 N–H and O–H groups in total. The molecule has 0 saturated heterocycles. The van der Waals surface area contributed by atoms with Crippen LogP contribution in [0.25, 0.3) is 11.1 Å². The molecule has 1 aliphatic rings. The van der Waals surface area contributed by atoms with E-state index in [0.29, 0.717) is 17.7 Å². The van der Waals surface area contributed by atoms with Crippen LogP contribution >= 0.6 is 0 Å². The first-order valence-electron chi connectivity index (χ1n) is 6.19. The molecule has 0 aliphatic heterocycles. The molecule has 0 radical (unpaired) electrons. The van der Waals surface area contributed by atoms with Crippen LogP contribution in [0.15, 0.2) is 36.4 Å². The number of ether oxygens (including phenoxy) is 1. The quantitative estimate of drug-likeness (QED) is 0.820. The van der Waals surface area contributed by atoms with Gasteiger partial charge in [0.15, 0.2) is 5.78 Å². The second kappa shape index (κ2) is 4.50. The number of hydrogen-bond acceptors (Lipinski definition) is 2. The van der Waals surface area contributed by atoms with E-state index in [-0.39, 0.29) is 11.6 Å². The van der Waals surface area contributed by atoms with E-state index < -0.39 is 0 Å². The van der Waals surface area contributed by atoms with Gasteiger partial charge in [-0.25, -0.2) is 4.39 Å². The number of benzene rings is 2. The number of methoxy groups -OCH3 is 1. The maximum Gasteiger partial charge on any atom is 0.163 e. The van der Waals surface area contributed by atoms with E-state index in [1.54, 1.807) is 31.4 Å². The van der Waals surface area contributed by atoms with Crippen LogP contribution in [0, 0.1) is 5.82 Å². The molecule has 0 unspecified atom stereocenters. The van der Waals surface area contributed by atoms with Crippen molar-refractivity contribution in [2.75, 3.05) is 7.11 Å². The predicted octanol–water partition coefficient (Wildman–Crippen LogP) is 3.63. The summed E-state index contributed by atoms with van der Waals surface area (Å²) in [6.45, 7) is 0. The minimum atomic E-state index is -0.287. The Morgan fingerprint density at radius 1 is 1.05 bits per heavy atom. The highest BCUT2D eigenvalue weighted by atomic mass is 19.1. The largest absolute Gasteiger partial charge is 0.497 e. The van der Waals surface area contributed by atoms with Gasteiger partial charge in [-0.3, -0.25) is 4.79 Å². The number of halogens is 1. The first-order chi connectivity index (χ1) is 9.19. The molecule has 2 nitrogen and oxygen atoms in total. The Morgan fingerprint density at radius 2 is 1.89 bits per heavy atom. The van der Waals surface area contributed by atoms with Crippen molar-refractivity contribution in [3.63, 3.8) is 0 Å². The SMILES string of the molecule is COc1ccc(F)c(-c2ccc3c(c2)CCC3=O)c1. The average molecular weight is 256 g/mol. The summed E-state index contributed by atoms with van der Waals surface area (Å²) in [5.74, 6) is 0.505. The Balaban J connectivity index is 2.10. The summed E-state index contributed by atoms with van der Waals surface area (Å²) in [7, 11) is 1.55. The molecule has 0 heterocycles. The normalized spacial score (nSPS) is 13.5. The molecular weight excluding hydrogens is 243 g/mol. The predicted molar refractivity (Wildman–Crippen MR) is 71.0 cm³/mol. The van der Waals surface area contributed by atoms with Gasteiger partial charge in [-0.1, -0.05) is 18.2 Å².